The summed E-state index contributed by atoms with van der Waals surface area (Å²) in [6, 6.07) is 0. The minimum absolute atomic E-state index is 0.0990. The maximum Gasteiger partial charge on any atom is 0.420 e. The number of aryl methyl sites for hydroxylation is 1. The zero-order chi connectivity index (χ0) is 13.6. The van der Waals surface area contributed by atoms with E-state index in [0.717, 1.165) is 13.4 Å². The van der Waals surface area contributed by atoms with Crippen molar-refractivity contribution < 1.29 is 22.3 Å². The molecule has 1 fully saturated rings. The van der Waals surface area contributed by atoms with E-state index in [2.05, 4.69) is 14.7 Å². The molecule has 8 heteroatoms. The number of hydrogen-bond donors (Lipinski definition) is 0. The van der Waals surface area contributed by atoms with Crippen LogP contribution in [0, 0.1) is 12.7 Å². The minimum Gasteiger partial charge on any atom is -0.365 e. The van der Waals surface area contributed by atoms with Gasteiger partial charge in [-0.3, -0.25) is 0 Å². The first kappa shape index (κ1) is 13.0. The van der Waals surface area contributed by atoms with E-state index in [1.165, 1.54) is 11.8 Å². The number of ether oxygens (including phenoxy) is 1. The van der Waals surface area contributed by atoms with Crippen LogP contribution >= 0.6 is 0 Å². The highest BCUT2D eigenvalue weighted by Gasteiger charge is 2.63. The summed E-state index contributed by atoms with van der Waals surface area (Å²) in [5.74, 6) is -0.830. The Kier molecular flexibility index (Phi) is 2.92. The van der Waals surface area contributed by atoms with E-state index in [0.29, 0.717) is 0 Å². The Morgan fingerprint density at radius 3 is 2.44 bits per heavy atom. The molecule has 0 unspecified atom stereocenters. The van der Waals surface area contributed by atoms with Crippen LogP contribution in [0.15, 0.2) is 6.33 Å². The molecule has 1 aliphatic heterocycles. The van der Waals surface area contributed by atoms with Crippen molar-refractivity contribution in [2.45, 2.75) is 18.7 Å². The third-order valence-corrected chi connectivity index (χ3v) is 3.04. The monoisotopic (exact) mass is 265 g/mol. The number of rotatable bonds is 2. The van der Waals surface area contributed by atoms with Gasteiger partial charge in [0.25, 0.3) is 0 Å². The van der Waals surface area contributed by atoms with E-state index < -0.39 is 30.7 Å². The molecule has 0 saturated carbocycles. The van der Waals surface area contributed by atoms with E-state index in [-0.39, 0.29) is 11.5 Å². The number of hydrogen-bond acceptors (Lipinski definition) is 4. The molecule has 4 nitrogen and oxygen atoms in total. The number of anilines is 1. The Balaban J connectivity index is 2.20. The van der Waals surface area contributed by atoms with Crippen molar-refractivity contribution in [3.63, 3.8) is 0 Å². The van der Waals surface area contributed by atoms with Crippen LogP contribution in [0.3, 0.4) is 0 Å². The van der Waals surface area contributed by atoms with Gasteiger partial charge in [0.1, 0.15) is 6.33 Å². The average molecular weight is 265 g/mol. The second-order valence-corrected chi connectivity index (χ2v) is 4.15. The summed E-state index contributed by atoms with van der Waals surface area (Å²) >= 11 is 0. The van der Waals surface area contributed by atoms with Crippen molar-refractivity contribution in [1.29, 1.82) is 0 Å². The second-order valence-electron chi connectivity index (χ2n) is 4.15. The highest BCUT2D eigenvalue weighted by Crippen LogP contribution is 2.42. The maximum atomic E-state index is 13.6. The molecule has 100 valence electrons. The number of nitrogens with zero attached hydrogens (tertiary/aromatic N) is 3. The standard InChI is InChI=1S/C10H11F4N3O/c1-6-7(11)8(16-5-15-6)17-3-9(4-17,18-2)10(12,13)14/h5H,3-4H2,1-2H3. The Labute approximate surface area is 101 Å². The van der Waals surface area contributed by atoms with Gasteiger partial charge in [0.05, 0.1) is 18.8 Å². The van der Waals surface area contributed by atoms with Crippen LogP contribution in [0.2, 0.25) is 0 Å². The van der Waals surface area contributed by atoms with Crippen LogP contribution in [0.25, 0.3) is 0 Å². The van der Waals surface area contributed by atoms with E-state index in [9.17, 15) is 17.6 Å². The smallest absolute Gasteiger partial charge is 0.365 e. The summed E-state index contributed by atoms with van der Waals surface area (Å²) in [5.41, 5.74) is -2.14. The van der Waals surface area contributed by atoms with Crippen LogP contribution in [0.5, 0.6) is 0 Å². The molecule has 1 aliphatic rings. The van der Waals surface area contributed by atoms with Crippen molar-refractivity contribution in [2.24, 2.45) is 0 Å². The summed E-state index contributed by atoms with van der Waals surface area (Å²) in [6.07, 6.45) is -3.37. The van der Waals surface area contributed by atoms with Gasteiger partial charge in [0.15, 0.2) is 17.2 Å². The summed E-state index contributed by atoms with van der Waals surface area (Å²) in [5, 5.41) is 0. The van der Waals surface area contributed by atoms with Crippen molar-refractivity contribution in [3.05, 3.63) is 17.8 Å². The Morgan fingerprint density at radius 1 is 1.33 bits per heavy atom. The van der Waals surface area contributed by atoms with Crippen molar-refractivity contribution in [2.75, 3.05) is 25.1 Å². The maximum absolute atomic E-state index is 13.6. The zero-order valence-electron chi connectivity index (χ0n) is 9.75. The minimum atomic E-state index is -4.49. The van der Waals surface area contributed by atoms with Gasteiger partial charge < -0.3 is 9.64 Å². The first-order valence-electron chi connectivity index (χ1n) is 5.15. The molecular weight excluding hydrogens is 254 g/mol. The number of methoxy groups -OCH3 is 1. The quantitative estimate of drug-likeness (QED) is 0.763. The lowest BCUT2D eigenvalue weighted by molar-refractivity contribution is -0.277. The van der Waals surface area contributed by atoms with Crippen molar-refractivity contribution in [1.82, 2.24) is 9.97 Å². The van der Waals surface area contributed by atoms with Crippen LogP contribution in [-0.4, -0.2) is 41.9 Å². The Hall–Kier alpha value is -1.44. The summed E-state index contributed by atoms with van der Waals surface area (Å²) in [7, 11) is 0.992. The largest absolute Gasteiger partial charge is 0.420 e. The molecule has 0 radical (unpaired) electrons. The van der Waals surface area contributed by atoms with Gasteiger partial charge in [-0.1, -0.05) is 0 Å². The molecule has 2 heterocycles. The first-order chi connectivity index (χ1) is 8.31. The average Bonchev–Trinajstić information content (AvgIpc) is 2.21. The van der Waals surface area contributed by atoms with E-state index >= 15 is 0 Å². The van der Waals surface area contributed by atoms with Gasteiger partial charge in [0, 0.05) is 7.11 Å². The van der Waals surface area contributed by atoms with Crippen LogP contribution < -0.4 is 4.90 Å². The SMILES string of the molecule is COC1(C(F)(F)F)CN(c2ncnc(C)c2F)C1. The third kappa shape index (κ3) is 1.80. The molecule has 1 saturated heterocycles. The van der Waals surface area contributed by atoms with E-state index in [1.807, 2.05) is 0 Å². The highest BCUT2D eigenvalue weighted by molar-refractivity contribution is 5.46. The van der Waals surface area contributed by atoms with E-state index in [1.54, 1.807) is 0 Å². The number of alkyl halides is 3. The lowest BCUT2D eigenvalue weighted by Gasteiger charge is -2.49. The predicted molar refractivity (Wildman–Crippen MR) is 54.7 cm³/mol. The molecular formula is C10H11F4N3O. The van der Waals surface area contributed by atoms with Crippen LogP contribution in [-0.2, 0) is 4.74 Å². The number of halogens is 4. The lowest BCUT2D eigenvalue weighted by Crippen LogP contribution is -2.70. The topological polar surface area (TPSA) is 38.2 Å². The lowest BCUT2D eigenvalue weighted by atomic mass is 9.93. The van der Waals surface area contributed by atoms with Crippen LogP contribution in [0.1, 0.15) is 5.69 Å². The van der Waals surface area contributed by atoms with Gasteiger partial charge in [0.2, 0.25) is 0 Å². The van der Waals surface area contributed by atoms with Gasteiger partial charge in [-0.2, -0.15) is 13.2 Å². The molecule has 1 aromatic rings. The molecule has 0 amide bonds. The highest BCUT2D eigenvalue weighted by atomic mass is 19.4. The molecule has 0 spiro atoms. The van der Waals surface area contributed by atoms with Crippen molar-refractivity contribution in [3.8, 4) is 0 Å². The Bertz CT molecular complexity index is 457. The fourth-order valence-corrected chi connectivity index (χ4v) is 1.81. The zero-order valence-corrected chi connectivity index (χ0v) is 9.75. The molecule has 0 N–H and O–H groups in total. The fourth-order valence-electron chi connectivity index (χ4n) is 1.81. The van der Waals surface area contributed by atoms with Gasteiger partial charge in [-0.25, -0.2) is 14.4 Å². The third-order valence-electron chi connectivity index (χ3n) is 3.04. The number of aromatic nitrogens is 2. The summed E-state index contributed by atoms with van der Waals surface area (Å²) in [4.78, 5) is 8.46. The van der Waals surface area contributed by atoms with Gasteiger partial charge in [-0.05, 0) is 6.92 Å². The molecule has 0 atom stereocenters. The fraction of sp³-hybridized carbons (Fsp3) is 0.600. The Morgan fingerprint density at radius 2 is 1.94 bits per heavy atom. The first-order valence-corrected chi connectivity index (χ1v) is 5.15. The van der Waals surface area contributed by atoms with Gasteiger partial charge in [-0.15, -0.1) is 0 Å². The molecule has 2 rings (SSSR count). The predicted octanol–water partition coefficient (Wildman–Crippen LogP) is 1.69. The summed E-state index contributed by atoms with van der Waals surface area (Å²) < 4.78 is 56.4. The molecule has 1 aromatic heterocycles. The normalized spacial score (nSPS) is 18.7. The molecule has 18 heavy (non-hydrogen) atoms. The molecule has 0 aromatic carbocycles. The van der Waals surface area contributed by atoms with E-state index in [4.69, 9.17) is 0 Å². The van der Waals surface area contributed by atoms with Crippen molar-refractivity contribution >= 4 is 5.82 Å². The van der Waals surface area contributed by atoms with Gasteiger partial charge >= 0.3 is 6.18 Å². The second kappa shape index (κ2) is 4.04. The molecule has 0 aliphatic carbocycles. The molecule has 0 bridgehead atoms. The van der Waals surface area contributed by atoms with Crippen LogP contribution in [0.4, 0.5) is 23.4 Å². The summed E-state index contributed by atoms with van der Waals surface area (Å²) in [6.45, 7) is 0.481.